The zero-order chi connectivity index (χ0) is 6.74. The molecule has 50 valence electrons. The van der Waals surface area contributed by atoms with Gasteiger partial charge >= 0.3 is 68.5 Å². The van der Waals surface area contributed by atoms with E-state index in [1.54, 1.807) is 0 Å². The molecule has 9 heavy (non-hydrogen) atoms. The SMILES string of the molecule is O=C[C]1([SnH3])C=CCCC1. The summed E-state index contributed by atoms with van der Waals surface area (Å²) in [6, 6.07) is 0. The fourth-order valence-electron chi connectivity index (χ4n) is 1.13. The second-order valence-corrected chi connectivity index (χ2v) is 8.23. The van der Waals surface area contributed by atoms with E-state index in [1.165, 1.54) is 12.8 Å². The number of aldehydes is 1. The summed E-state index contributed by atoms with van der Waals surface area (Å²) in [5.41, 5.74) is 0. The Morgan fingerprint density at radius 2 is 2.44 bits per heavy atom. The van der Waals surface area contributed by atoms with E-state index in [2.05, 4.69) is 12.2 Å². The fourth-order valence-corrected chi connectivity index (χ4v) is 2.82. The van der Waals surface area contributed by atoms with Gasteiger partial charge in [0.15, 0.2) is 0 Å². The Labute approximate surface area is 68.6 Å². The van der Waals surface area contributed by atoms with Crippen molar-refractivity contribution < 1.29 is 4.79 Å². The van der Waals surface area contributed by atoms with Gasteiger partial charge in [0.1, 0.15) is 0 Å². The number of carbonyl (C=O) groups is 1. The molecule has 0 aromatic heterocycles. The maximum absolute atomic E-state index is 10.5. The monoisotopic (exact) mass is 232 g/mol. The number of carbonyl (C=O) groups excluding carboxylic acids is 1. The predicted octanol–water partition coefficient (Wildman–Crippen LogP) is 0.450. The standard InChI is InChI=1S/C7H9O.Sn.3H/c8-6-7-4-2-1-3-5-7;;;;/h2,4,6H,1,3,5H2;;;;. The van der Waals surface area contributed by atoms with Gasteiger partial charge in [0.2, 0.25) is 0 Å². The van der Waals surface area contributed by atoms with E-state index in [1.807, 2.05) is 0 Å². The number of hydrogen-bond acceptors (Lipinski definition) is 1. The average molecular weight is 231 g/mol. The number of allylic oxidation sites excluding steroid dienone is 2. The molecule has 0 aromatic rings. The first-order valence-corrected chi connectivity index (χ1v) is 6.26. The average Bonchev–Trinajstić information content (AvgIpc) is 1.90. The van der Waals surface area contributed by atoms with E-state index in [9.17, 15) is 4.79 Å². The van der Waals surface area contributed by atoms with Gasteiger partial charge in [0.25, 0.3) is 0 Å². The predicted molar refractivity (Wildman–Crippen MR) is 41.7 cm³/mol. The summed E-state index contributed by atoms with van der Waals surface area (Å²) in [7, 11) is 0. The van der Waals surface area contributed by atoms with Gasteiger partial charge in [-0.05, 0) is 0 Å². The van der Waals surface area contributed by atoms with Crippen LogP contribution in [0.5, 0.6) is 0 Å². The van der Waals surface area contributed by atoms with Crippen LogP contribution in [0.1, 0.15) is 19.3 Å². The van der Waals surface area contributed by atoms with Gasteiger partial charge in [-0.25, -0.2) is 0 Å². The summed E-state index contributed by atoms with van der Waals surface area (Å²) in [6.45, 7) is 0. The first-order valence-electron chi connectivity index (χ1n) is 3.41. The van der Waals surface area contributed by atoms with E-state index in [0.29, 0.717) is 22.5 Å². The van der Waals surface area contributed by atoms with E-state index < -0.39 is 0 Å². The molecule has 1 atom stereocenters. The van der Waals surface area contributed by atoms with Crippen molar-refractivity contribution in [3.8, 4) is 0 Å². The van der Waals surface area contributed by atoms with Crippen molar-refractivity contribution in [2.24, 2.45) is 0 Å². The summed E-state index contributed by atoms with van der Waals surface area (Å²) in [5.74, 6) is 0. The van der Waals surface area contributed by atoms with Crippen molar-refractivity contribution in [3.05, 3.63) is 12.2 Å². The maximum atomic E-state index is 10.5. The zero-order valence-corrected chi connectivity index (χ0v) is 11.5. The normalized spacial score (nSPS) is 34.7. The molecule has 1 aliphatic carbocycles. The Bertz CT molecular complexity index is 142. The van der Waals surface area contributed by atoms with Crippen LogP contribution in [0.2, 0.25) is 3.43 Å². The van der Waals surface area contributed by atoms with Crippen LogP contribution in [0.3, 0.4) is 0 Å². The molecule has 1 aliphatic rings. The molecule has 0 fully saturated rings. The van der Waals surface area contributed by atoms with E-state index in [4.69, 9.17) is 0 Å². The van der Waals surface area contributed by atoms with Gasteiger partial charge in [-0.2, -0.15) is 0 Å². The van der Waals surface area contributed by atoms with E-state index >= 15 is 0 Å². The summed E-state index contributed by atoms with van der Waals surface area (Å²) in [5, 5.41) is 0. The molecule has 0 bridgehead atoms. The van der Waals surface area contributed by atoms with Gasteiger partial charge in [-0.1, -0.05) is 0 Å². The van der Waals surface area contributed by atoms with Crippen LogP contribution in [0.25, 0.3) is 0 Å². The summed E-state index contributed by atoms with van der Waals surface area (Å²) >= 11 is 0.461. The minimum absolute atomic E-state index is 0.0694. The Morgan fingerprint density at radius 3 is 2.78 bits per heavy atom. The Balaban J connectivity index is 2.67. The molecular weight excluding hydrogens is 219 g/mol. The van der Waals surface area contributed by atoms with Crippen molar-refractivity contribution in [2.45, 2.75) is 22.7 Å². The molecule has 0 aliphatic heterocycles. The van der Waals surface area contributed by atoms with Gasteiger partial charge in [0, 0.05) is 0 Å². The first kappa shape index (κ1) is 7.32. The second-order valence-electron chi connectivity index (χ2n) is 2.92. The van der Waals surface area contributed by atoms with Crippen molar-refractivity contribution in [1.29, 1.82) is 0 Å². The van der Waals surface area contributed by atoms with Crippen molar-refractivity contribution in [1.82, 2.24) is 0 Å². The molecule has 1 nitrogen and oxygen atoms in total. The van der Waals surface area contributed by atoms with Crippen LogP contribution < -0.4 is 0 Å². The molecule has 0 radical (unpaired) electrons. The summed E-state index contributed by atoms with van der Waals surface area (Å²) in [4.78, 5) is 10.5. The van der Waals surface area contributed by atoms with E-state index in [-0.39, 0.29) is 3.43 Å². The van der Waals surface area contributed by atoms with Crippen LogP contribution in [0, 0.1) is 0 Å². The van der Waals surface area contributed by atoms with Crippen LogP contribution in [0.15, 0.2) is 12.2 Å². The molecule has 0 N–H and O–H groups in total. The van der Waals surface area contributed by atoms with Crippen molar-refractivity contribution >= 4 is 28.8 Å². The molecule has 0 aromatic carbocycles. The molecule has 1 unspecified atom stereocenters. The second kappa shape index (κ2) is 2.86. The molecule has 0 amide bonds. The Hall–Kier alpha value is 0.209. The fraction of sp³-hybridized carbons (Fsp3) is 0.571. The zero-order valence-electron chi connectivity index (χ0n) is 5.76. The number of hydrogen-bond donors (Lipinski definition) is 0. The first-order chi connectivity index (χ1) is 4.27. The van der Waals surface area contributed by atoms with Gasteiger partial charge < -0.3 is 0 Å². The van der Waals surface area contributed by atoms with Gasteiger partial charge in [-0.15, -0.1) is 0 Å². The molecular formula is C7H12OSn. The van der Waals surface area contributed by atoms with Crippen LogP contribution in [-0.4, -0.2) is 28.8 Å². The minimum atomic E-state index is 0.0694. The summed E-state index contributed by atoms with van der Waals surface area (Å²) < 4.78 is 0.0694. The van der Waals surface area contributed by atoms with Gasteiger partial charge in [0.05, 0.1) is 0 Å². The molecule has 1 rings (SSSR count). The third kappa shape index (κ3) is 1.81. The van der Waals surface area contributed by atoms with E-state index in [0.717, 1.165) is 12.7 Å². The van der Waals surface area contributed by atoms with Gasteiger partial charge in [-0.3, -0.25) is 0 Å². The Kier molecular flexibility index (Phi) is 2.33. The molecule has 0 saturated heterocycles. The molecule has 2 heteroatoms. The quantitative estimate of drug-likeness (QED) is 0.363. The topological polar surface area (TPSA) is 17.1 Å². The van der Waals surface area contributed by atoms with Crippen molar-refractivity contribution in [3.63, 3.8) is 0 Å². The summed E-state index contributed by atoms with van der Waals surface area (Å²) in [6.07, 6.45) is 8.90. The van der Waals surface area contributed by atoms with Crippen LogP contribution in [0.4, 0.5) is 0 Å². The van der Waals surface area contributed by atoms with Crippen LogP contribution in [-0.2, 0) is 4.79 Å². The number of rotatable bonds is 1. The van der Waals surface area contributed by atoms with Crippen molar-refractivity contribution in [2.75, 3.05) is 0 Å². The Morgan fingerprint density at radius 1 is 1.67 bits per heavy atom. The third-order valence-electron chi connectivity index (χ3n) is 1.85. The van der Waals surface area contributed by atoms with Crippen LogP contribution >= 0.6 is 0 Å². The molecule has 0 heterocycles. The molecule has 0 saturated carbocycles. The third-order valence-corrected chi connectivity index (χ3v) is 4.91. The molecule has 0 spiro atoms.